The summed E-state index contributed by atoms with van der Waals surface area (Å²) in [6.07, 6.45) is 2.29. The Morgan fingerprint density at radius 1 is 1.15 bits per heavy atom. The van der Waals surface area contributed by atoms with Crippen molar-refractivity contribution in [1.29, 1.82) is 0 Å². The largest absolute Gasteiger partial charge is 0.436 e. The highest BCUT2D eigenvalue weighted by Crippen LogP contribution is 2.27. The van der Waals surface area contributed by atoms with E-state index in [9.17, 15) is 4.79 Å². The number of hydrogen-bond acceptors (Lipinski definition) is 4. The van der Waals surface area contributed by atoms with Crippen molar-refractivity contribution in [3.05, 3.63) is 47.5 Å². The van der Waals surface area contributed by atoms with E-state index in [-0.39, 0.29) is 11.0 Å². The van der Waals surface area contributed by atoms with Gasteiger partial charge in [-0.1, -0.05) is 30.5 Å². The lowest BCUT2D eigenvalue weighted by Crippen LogP contribution is -2.33. The molecule has 0 radical (unpaired) electrons. The van der Waals surface area contributed by atoms with Gasteiger partial charge >= 0.3 is 0 Å². The van der Waals surface area contributed by atoms with Gasteiger partial charge in [-0.2, -0.15) is 0 Å². The molecule has 0 spiro atoms. The summed E-state index contributed by atoms with van der Waals surface area (Å²) in [5, 5.41) is 6.00. The second kappa shape index (κ2) is 8.31. The van der Waals surface area contributed by atoms with Crippen molar-refractivity contribution in [2.45, 2.75) is 40.0 Å². The van der Waals surface area contributed by atoms with E-state index in [1.807, 2.05) is 25.1 Å². The van der Waals surface area contributed by atoms with Crippen molar-refractivity contribution < 1.29 is 9.21 Å². The van der Waals surface area contributed by atoms with E-state index in [2.05, 4.69) is 47.7 Å². The third-order valence-corrected chi connectivity index (χ3v) is 4.33. The highest BCUT2D eigenvalue weighted by atomic mass is 32.1. The molecule has 2 aromatic carbocycles. The van der Waals surface area contributed by atoms with Crippen LogP contribution in [0.1, 0.15) is 37.3 Å². The van der Waals surface area contributed by atoms with Crippen molar-refractivity contribution >= 4 is 40.0 Å². The second-order valence-corrected chi connectivity index (χ2v) is 7.09. The van der Waals surface area contributed by atoms with Gasteiger partial charge in [0.2, 0.25) is 11.8 Å². The van der Waals surface area contributed by atoms with Crippen molar-refractivity contribution in [1.82, 2.24) is 10.3 Å². The minimum Gasteiger partial charge on any atom is -0.436 e. The molecule has 2 N–H and O–H groups in total. The fourth-order valence-corrected chi connectivity index (χ4v) is 3.15. The number of aromatic nitrogens is 1. The molecule has 6 heteroatoms. The van der Waals surface area contributed by atoms with Crippen LogP contribution < -0.4 is 10.6 Å². The van der Waals surface area contributed by atoms with Crippen molar-refractivity contribution in [3.8, 4) is 11.5 Å². The number of fused-ring (bicyclic) bond motifs is 1. The molecule has 0 atom stereocenters. The molecule has 140 valence electrons. The minimum atomic E-state index is -0.0750. The number of carbonyl (C=O) groups excluding carboxylic acids is 1. The van der Waals surface area contributed by atoms with Gasteiger partial charge in [0, 0.05) is 17.7 Å². The average Bonchev–Trinajstić information content (AvgIpc) is 3.02. The first-order chi connectivity index (χ1) is 12.9. The standard InChI is InChI=1S/C21H23N3O2S/c1-4-5-6-19(25)24-21(27)22-16-7-8-18-17(12-16)23-20(26-18)15-10-13(2)9-14(3)11-15/h7-12H,4-6H2,1-3H3,(H2,22,24,25,27). The summed E-state index contributed by atoms with van der Waals surface area (Å²) in [4.78, 5) is 16.4. The molecule has 0 fully saturated rings. The van der Waals surface area contributed by atoms with Gasteiger partial charge in [-0.3, -0.25) is 4.79 Å². The summed E-state index contributed by atoms with van der Waals surface area (Å²) in [5.41, 5.74) is 5.47. The summed E-state index contributed by atoms with van der Waals surface area (Å²) in [5.74, 6) is 0.512. The third kappa shape index (κ3) is 4.92. The van der Waals surface area contributed by atoms with Gasteiger partial charge in [0.15, 0.2) is 10.7 Å². The lowest BCUT2D eigenvalue weighted by atomic mass is 10.1. The number of oxazole rings is 1. The second-order valence-electron chi connectivity index (χ2n) is 6.68. The molecule has 27 heavy (non-hydrogen) atoms. The number of amides is 1. The SMILES string of the molecule is CCCCC(=O)NC(=S)Nc1ccc2oc(-c3cc(C)cc(C)c3)nc2c1. The number of benzene rings is 2. The Bertz CT molecular complexity index is 974. The third-order valence-electron chi connectivity index (χ3n) is 4.12. The van der Waals surface area contributed by atoms with Gasteiger partial charge in [-0.05, 0) is 62.8 Å². The van der Waals surface area contributed by atoms with Gasteiger partial charge < -0.3 is 15.1 Å². The fraction of sp³-hybridized carbons (Fsp3) is 0.286. The Morgan fingerprint density at radius 3 is 2.59 bits per heavy atom. The minimum absolute atomic E-state index is 0.0750. The van der Waals surface area contributed by atoms with Gasteiger partial charge in [0.05, 0.1) is 0 Å². The van der Waals surface area contributed by atoms with Crippen molar-refractivity contribution in [2.24, 2.45) is 0 Å². The average molecular weight is 382 g/mol. The van der Waals surface area contributed by atoms with Crippen molar-refractivity contribution in [2.75, 3.05) is 5.32 Å². The normalized spacial score (nSPS) is 10.8. The van der Waals surface area contributed by atoms with Crippen LogP contribution in [0.3, 0.4) is 0 Å². The Morgan fingerprint density at radius 2 is 1.89 bits per heavy atom. The summed E-state index contributed by atoms with van der Waals surface area (Å²) < 4.78 is 5.89. The zero-order valence-corrected chi connectivity index (χ0v) is 16.6. The molecular formula is C21H23N3O2S. The molecule has 0 saturated heterocycles. The van der Waals surface area contributed by atoms with Crippen LogP contribution in [-0.2, 0) is 4.79 Å². The Kier molecular flexibility index (Phi) is 5.86. The molecule has 1 amide bonds. The first kappa shape index (κ1) is 19.0. The number of nitrogens with one attached hydrogen (secondary N) is 2. The highest BCUT2D eigenvalue weighted by molar-refractivity contribution is 7.80. The van der Waals surface area contributed by atoms with Crippen molar-refractivity contribution in [3.63, 3.8) is 0 Å². The maximum Gasteiger partial charge on any atom is 0.227 e. The number of aryl methyl sites for hydroxylation is 2. The van der Waals surface area contributed by atoms with E-state index in [0.717, 1.165) is 29.6 Å². The van der Waals surface area contributed by atoms with Crippen LogP contribution in [0, 0.1) is 13.8 Å². The van der Waals surface area contributed by atoms with E-state index >= 15 is 0 Å². The molecule has 0 unspecified atom stereocenters. The highest BCUT2D eigenvalue weighted by Gasteiger charge is 2.11. The summed E-state index contributed by atoms with van der Waals surface area (Å²) in [6.45, 7) is 6.15. The molecule has 0 aliphatic rings. The van der Waals surface area contributed by atoms with E-state index in [4.69, 9.17) is 16.6 Å². The van der Waals surface area contributed by atoms with Crippen LogP contribution in [0.4, 0.5) is 5.69 Å². The van der Waals surface area contributed by atoms with Crippen LogP contribution in [0.25, 0.3) is 22.6 Å². The number of unbranched alkanes of at least 4 members (excludes halogenated alkanes) is 1. The Labute approximate surface area is 164 Å². The number of nitrogens with zero attached hydrogens (tertiary/aromatic N) is 1. The predicted molar refractivity (Wildman–Crippen MR) is 113 cm³/mol. The van der Waals surface area contributed by atoms with Crippen LogP contribution in [-0.4, -0.2) is 16.0 Å². The fourth-order valence-electron chi connectivity index (χ4n) is 2.92. The molecule has 3 aromatic rings. The predicted octanol–water partition coefficient (Wildman–Crippen LogP) is 5.11. The quantitative estimate of drug-likeness (QED) is 0.601. The Balaban J connectivity index is 1.76. The first-order valence-electron chi connectivity index (χ1n) is 9.04. The van der Waals surface area contributed by atoms with Crippen LogP contribution in [0.15, 0.2) is 40.8 Å². The van der Waals surface area contributed by atoms with Gasteiger partial charge in [-0.25, -0.2) is 4.98 Å². The van der Waals surface area contributed by atoms with Crippen LogP contribution in [0.2, 0.25) is 0 Å². The number of thiocarbonyl (C=S) groups is 1. The van der Waals surface area contributed by atoms with E-state index in [1.54, 1.807) is 0 Å². The number of rotatable bonds is 5. The molecule has 1 aromatic heterocycles. The molecule has 0 bridgehead atoms. The maximum atomic E-state index is 11.8. The van der Waals surface area contributed by atoms with E-state index < -0.39 is 0 Å². The lowest BCUT2D eigenvalue weighted by molar-refractivity contribution is -0.119. The van der Waals surface area contributed by atoms with Gasteiger partial charge in [0.1, 0.15) is 5.52 Å². The number of carbonyl (C=O) groups is 1. The molecule has 1 heterocycles. The van der Waals surface area contributed by atoms with Crippen LogP contribution >= 0.6 is 12.2 Å². The zero-order valence-electron chi connectivity index (χ0n) is 15.8. The van der Waals surface area contributed by atoms with E-state index in [0.29, 0.717) is 17.9 Å². The topological polar surface area (TPSA) is 67.2 Å². The monoisotopic (exact) mass is 381 g/mol. The molecule has 5 nitrogen and oxygen atoms in total. The summed E-state index contributed by atoms with van der Waals surface area (Å²) in [6, 6.07) is 11.8. The van der Waals surface area contributed by atoms with Gasteiger partial charge in [-0.15, -0.1) is 0 Å². The number of anilines is 1. The molecular weight excluding hydrogens is 358 g/mol. The first-order valence-corrected chi connectivity index (χ1v) is 9.45. The summed E-state index contributed by atoms with van der Waals surface area (Å²) in [7, 11) is 0. The molecule has 0 saturated carbocycles. The Hall–Kier alpha value is -2.73. The zero-order chi connectivity index (χ0) is 19.4. The smallest absolute Gasteiger partial charge is 0.227 e. The molecule has 0 aliphatic heterocycles. The lowest BCUT2D eigenvalue weighted by Gasteiger charge is -2.09. The molecule has 3 rings (SSSR count). The van der Waals surface area contributed by atoms with Crippen LogP contribution in [0.5, 0.6) is 0 Å². The van der Waals surface area contributed by atoms with E-state index in [1.165, 1.54) is 11.1 Å². The maximum absolute atomic E-state index is 11.8. The summed E-state index contributed by atoms with van der Waals surface area (Å²) >= 11 is 5.21. The van der Waals surface area contributed by atoms with Gasteiger partial charge in [0.25, 0.3) is 0 Å². The number of hydrogen-bond donors (Lipinski definition) is 2. The molecule has 0 aliphatic carbocycles.